The molecule has 1 rings (SSSR count). The largest absolute Gasteiger partial charge is 0.489 e. The molecule has 0 saturated heterocycles. The Kier molecular flexibility index (Phi) is 7.63. The van der Waals surface area contributed by atoms with Crippen molar-refractivity contribution in [1.82, 2.24) is 0 Å². The van der Waals surface area contributed by atoms with Crippen molar-refractivity contribution in [1.29, 1.82) is 0 Å². The van der Waals surface area contributed by atoms with Crippen molar-refractivity contribution in [2.45, 2.75) is 40.2 Å². The molecule has 0 fully saturated rings. The summed E-state index contributed by atoms with van der Waals surface area (Å²) >= 11 is 11.7. The van der Waals surface area contributed by atoms with Gasteiger partial charge in [-0.2, -0.15) is 0 Å². The summed E-state index contributed by atoms with van der Waals surface area (Å²) in [6, 6.07) is 5.24. The molecule has 0 radical (unpaired) electrons. The van der Waals surface area contributed by atoms with Crippen LogP contribution in [0.1, 0.15) is 34.1 Å². The van der Waals surface area contributed by atoms with Gasteiger partial charge in [-0.3, -0.25) is 0 Å². The Bertz CT molecular complexity index is 287. The molecule has 0 amide bonds. The summed E-state index contributed by atoms with van der Waals surface area (Å²) in [5, 5.41) is 1.19. The Morgan fingerprint density at radius 1 is 1.27 bits per heavy atom. The summed E-state index contributed by atoms with van der Waals surface area (Å²) in [5.41, 5.74) is 0. The number of rotatable bonds is 3. The highest BCUT2D eigenvalue weighted by atomic mass is 35.5. The van der Waals surface area contributed by atoms with Crippen molar-refractivity contribution in [3.05, 3.63) is 28.2 Å². The van der Waals surface area contributed by atoms with Gasteiger partial charge in [0.1, 0.15) is 5.75 Å². The number of benzene rings is 1. The first kappa shape index (κ1) is 14.6. The molecular formula is C12H18Cl2O. The summed E-state index contributed by atoms with van der Waals surface area (Å²) < 4.78 is 5.56. The second-order valence-corrected chi connectivity index (χ2v) is 3.76. The number of hydrogen-bond donors (Lipinski definition) is 0. The summed E-state index contributed by atoms with van der Waals surface area (Å²) in [6.07, 6.45) is 1.14. The molecule has 0 aliphatic rings. The fourth-order valence-corrected chi connectivity index (χ4v) is 1.32. The highest BCUT2D eigenvalue weighted by Crippen LogP contribution is 2.28. The third-order valence-electron chi connectivity index (χ3n) is 1.80. The molecule has 0 aliphatic carbocycles. The molecule has 15 heavy (non-hydrogen) atoms. The van der Waals surface area contributed by atoms with Gasteiger partial charge in [-0.15, -0.1) is 0 Å². The fourth-order valence-electron chi connectivity index (χ4n) is 0.871. The van der Waals surface area contributed by atoms with E-state index in [4.69, 9.17) is 27.9 Å². The van der Waals surface area contributed by atoms with Gasteiger partial charge in [0.05, 0.1) is 11.1 Å². The molecule has 0 heterocycles. The van der Waals surface area contributed by atoms with E-state index >= 15 is 0 Å². The van der Waals surface area contributed by atoms with Crippen LogP contribution in [0.15, 0.2) is 18.2 Å². The third-order valence-corrected chi connectivity index (χ3v) is 2.33. The zero-order valence-corrected chi connectivity index (χ0v) is 11.2. The summed E-state index contributed by atoms with van der Waals surface area (Å²) in [5.74, 6) is 0.695. The molecule has 1 aromatic rings. The maximum absolute atomic E-state index is 5.92. The van der Waals surface area contributed by atoms with Gasteiger partial charge in [0.15, 0.2) is 0 Å². The lowest BCUT2D eigenvalue weighted by Crippen LogP contribution is -2.09. The molecule has 1 atom stereocenters. The van der Waals surface area contributed by atoms with Gasteiger partial charge in [0, 0.05) is 5.02 Å². The standard InChI is InChI=1S/C10H12Cl2O.C2H6/c1-3-7(2)13-10-5-4-8(11)6-9(10)12;1-2/h4-7H,3H2,1-2H3;1-2H3. The van der Waals surface area contributed by atoms with Crippen LogP contribution in [-0.4, -0.2) is 6.10 Å². The van der Waals surface area contributed by atoms with Crippen molar-refractivity contribution >= 4 is 23.2 Å². The molecule has 86 valence electrons. The Morgan fingerprint density at radius 3 is 2.33 bits per heavy atom. The predicted octanol–water partition coefficient (Wildman–Crippen LogP) is 5.20. The van der Waals surface area contributed by atoms with Gasteiger partial charge < -0.3 is 4.74 Å². The number of hydrogen-bond acceptors (Lipinski definition) is 1. The lowest BCUT2D eigenvalue weighted by Gasteiger charge is -2.13. The summed E-state index contributed by atoms with van der Waals surface area (Å²) in [4.78, 5) is 0. The zero-order valence-electron chi connectivity index (χ0n) is 9.68. The SMILES string of the molecule is CC.CCC(C)Oc1ccc(Cl)cc1Cl. The molecule has 0 saturated carbocycles. The van der Waals surface area contributed by atoms with Crippen LogP contribution in [0.5, 0.6) is 5.75 Å². The van der Waals surface area contributed by atoms with E-state index in [2.05, 4.69) is 6.92 Å². The van der Waals surface area contributed by atoms with Crippen molar-refractivity contribution in [2.75, 3.05) is 0 Å². The van der Waals surface area contributed by atoms with Gasteiger partial charge >= 0.3 is 0 Å². The smallest absolute Gasteiger partial charge is 0.138 e. The fraction of sp³-hybridized carbons (Fsp3) is 0.500. The van der Waals surface area contributed by atoms with Gasteiger partial charge in [0.2, 0.25) is 0 Å². The monoisotopic (exact) mass is 248 g/mol. The van der Waals surface area contributed by atoms with Crippen molar-refractivity contribution in [3.8, 4) is 5.75 Å². The summed E-state index contributed by atoms with van der Waals surface area (Å²) in [7, 11) is 0. The minimum absolute atomic E-state index is 0.179. The normalized spacial score (nSPS) is 11.3. The average molecular weight is 249 g/mol. The summed E-state index contributed by atoms with van der Waals surface area (Å²) in [6.45, 7) is 8.07. The average Bonchev–Trinajstić information content (AvgIpc) is 2.25. The van der Waals surface area contributed by atoms with E-state index < -0.39 is 0 Å². The molecule has 0 bridgehead atoms. The first-order chi connectivity index (χ1) is 7.13. The van der Waals surface area contributed by atoms with E-state index in [1.54, 1.807) is 18.2 Å². The van der Waals surface area contributed by atoms with Crippen LogP contribution in [0, 0.1) is 0 Å². The third kappa shape index (κ3) is 5.29. The number of ether oxygens (including phenoxy) is 1. The van der Waals surface area contributed by atoms with Crippen LogP contribution in [-0.2, 0) is 0 Å². The van der Waals surface area contributed by atoms with E-state index in [-0.39, 0.29) is 6.10 Å². The van der Waals surface area contributed by atoms with Gasteiger partial charge in [-0.1, -0.05) is 44.0 Å². The van der Waals surface area contributed by atoms with Crippen LogP contribution in [0.4, 0.5) is 0 Å². The first-order valence-electron chi connectivity index (χ1n) is 5.25. The quantitative estimate of drug-likeness (QED) is 0.715. The lowest BCUT2D eigenvalue weighted by atomic mass is 10.3. The topological polar surface area (TPSA) is 9.23 Å². The van der Waals surface area contributed by atoms with E-state index in [0.29, 0.717) is 15.8 Å². The van der Waals surface area contributed by atoms with Gasteiger partial charge in [0.25, 0.3) is 0 Å². The van der Waals surface area contributed by atoms with Gasteiger partial charge in [-0.05, 0) is 31.5 Å². The molecule has 1 unspecified atom stereocenters. The Labute approximate surface area is 102 Å². The molecule has 0 N–H and O–H groups in total. The maximum atomic E-state index is 5.92. The van der Waals surface area contributed by atoms with Crippen molar-refractivity contribution < 1.29 is 4.74 Å². The van der Waals surface area contributed by atoms with E-state index in [0.717, 1.165) is 6.42 Å². The highest BCUT2D eigenvalue weighted by Gasteiger charge is 2.05. The molecule has 1 aromatic carbocycles. The van der Waals surface area contributed by atoms with E-state index in [1.807, 2.05) is 20.8 Å². The molecular weight excluding hydrogens is 231 g/mol. The Balaban J connectivity index is 0.000000921. The van der Waals surface area contributed by atoms with Crippen LogP contribution in [0.25, 0.3) is 0 Å². The lowest BCUT2D eigenvalue weighted by molar-refractivity contribution is 0.217. The molecule has 3 heteroatoms. The first-order valence-corrected chi connectivity index (χ1v) is 6.00. The maximum Gasteiger partial charge on any atom is 0.138 e. The van der Waals surface area contributed by atoms with Crippen LogP contribution >= 0.6 is 23.2 Å². The molecule has 0 aliphatic heterocycles. The minimum Gasteiger partial charge on any atom is -0.489 e. The predicted molar refractivity (Wildman–Crippen MR) is 68.2 cm³/mol. The molecule has 1 nitrogen and oxygen atoms in total. The molecule has 0 aromatic heterocycles. The molecule has 0 spiro atoms. The highest BCUT2D eigenvalue weighted by molar-refractivity contribution is 6.35. The van der Waals surface area contributed by atoms with E-state index in [9.17, 15) is 0 Å². The second-order valence-electron chi connectivity index (χ2n) is 2.91. The van der Waals surface area contributed by atoms with Crippen LogP contribution in [0.2, 0.25) is 10.0 Å². The van der Waals surface area contributed by atoms with Crippen LogP contribution < -0.4 is 4.74 Å². The van der Waals surface area contributed by atoms with Crippen molar-refractivity contribution in [3.63, 3.8) is 0 Å². The van der Waals surface area contributed by atoms with Crippen molar-refractivity contribution in [2.24, 2.45) is 0 Å². The zero-order chi connectivity index (χ0) is 11.8. The van der Waals surface area contributed by atoms with E-state index in [1.165, 1.54) is 0 Å². The number of halogens is 2. The second kappa shape index (κ2) is 7.84. The Morgan fingerprint density at radius 2 is 1.87 bits per heavy atom. The minimum atomic E-state index is 0.179. The van der Waals surface area contributed by atoms with Gasteiger partial charge in [-0.25, -0.2) is 0 Å². The Hall–Kier alpha value is -0.400. The van der Waals surface area contributed by atoms with Crippen LogP contribution in [0.3, 0.4) is 0 Å².